The van der Waals surface area contributed by atoms with Gasteiger partial charge in [-0.25, -0.2) is 4.79 Å². The molecule has 2 saturated heterocycles. The zero-order valence-electron chi connectivity index (χ0n) is 17.2. The Labute approximate surface area is 184 Å². The molecule has 0 radical (unpaired) electrons. The van der Waals surface area contributed by atoms with Crippen molar-refractivity contribution in [3.8, 4) is 0 Å². The Balaban J connectivity index is 1.59. The minimum Gasteiger partial charge on any atom is -0.452 e. The smallest absolute Gasteiger partial charge is 0.338 e. The molecule has 2 aromatic rings. The maximum Gasteiger partial charge on any atom is 0.338 e. The number of azide groups is 1. The molecule has 0 aliphatic carbocycles. The quantitative estimate of drug-likeness (QED) is 0.279. The summed E-state index contributed by atoms with van der Waals surface area (Å²) in [5.41, 5.74) is 9.11. The number of hydrogen-bond donors (Lipinski definition) is 0. The number of ether oxygens (including phenoxy) is 4. The first-order chi connectivity index (χ1) is 15.0. The molecule has 0 N–H and O–H groups in total. The molecule has 0 unspecified atom stereocenters. The van der Waals surface area contributed by atoms with Crippen LogP contribution >= 0.6 is 11.8 Å². The average molecular weight is 442 g/mol. The molecule has 0 saturated carbocycles. The molecule has 31 heavy (non-hydrogen) atoms. The summed E-state index contributed by atoms with van der Waals surface area (Å²) < 4.78 is 24.1. The fourth-order valence-electron chi connectivity index (χ4n) is 3.72. The van der Waals surface area contributed by atoms with Crippen LogP contribution in [-0.4, -0.2) is 42.1 Å². The molecular formula is C22H23N3O5S. The Hall–Kier alpha value is -2.55. The Bertz CT molecular complexity index is 980. The van der Waals surface area contributed by atoms with Crippen LogP contribution in [0.25, 0.3) is 10.4 Å². The Kier molecular flexibility index (Phi) is 6.50. The van der Waals surface area contributed by atoms with Crippen LogP contribution in [0.3, 0.4) is 0 Å². The summed E-state index contributed by atoms with van der Waals surface area (Å²) in [7, 11) is 0. The topological polar surface area (TPSA) is 103 Å². The van der Waals surface area contributed by atoms with E-state index in [0.717, 1.165) is 4.90 Å². The van der Waals surface area contributed by atoms with Crippen molar-refractivity contribution in [2.45, 2.75) is 54.8 Å². The minimum atomic E-state index is -0.797. The summed E-state index contributed by atoms with van der Waals surface area (Å²) in [5.74, 6) is -1.32. The second-order valence-electron chi connectivity index (χ2n) is 7.69. The Morgan fingerprint density at radius 2 is 1.94 bits per heavy atom. The van der Waals surface area contributed by atoms with Crippen LogP contribution in [0.5, 0.6) is 0 Å². The van der Waals surface area contributed by atoms with Gasteiger partial charge in [0.1, 0.15) is 17.6 Å². The van der Waals surface area contributed by atoms with Gasteiger partial charge in [-0.05, 0) is 43.1 Å². The van der Waals surface area contributed by atoms with Crippen molar-refractivity contribution in [1.82, 2.24) is 0 Å². The minimum absolute atomic E-state index is 0.0594. The van der Waals surface area contributed by atoms with E-state index >= 15 is 0 Å². The fourth-order valence-corrected chi connectivity index (χ4v) is 4.79. The highest BCUT2D eigenvalue weighted by atomic mass is 32.2. The Morgan fingerprint density at radius 3 is 2.71 bits per heavy atom. The third kappa shape index (κ3) is 5.03. The fraction of sp³-hybridized carbons (Fsp3) is 0.409. The lowest BCUT2D eigenvalue weighted by Gasteiger charge is -2.37. The van der Waals surface area contributed by atoms with Gasteiger partial charge < -0.3 is 18.9 Å². The van der Waals surface area contributed by atoms with Crippen LogP contribution in [-0.2, 0) is 25.5 Å². The largest absolute Gasteiger partial charge is 0.452 e. The lowest BCUT2D eigenvalue weighted by Crippen LogP contribution is -2.52. The number of nitrogens with zero attached hydrogens (tertiary/aromatic N) is 3. The van der Waals surface area contributed by atoms with Crippen LogP contribution in [0.4, 0.5) is 0 Å². The number of benzene rings is 2. The van der Waals surface area contributed by atoms with E-state index < -0.39 is 29.4 Å². The molecule has 9 heteroatoms. The summed E-state index contributed by atoms with van der Waals surface area (Å²) in [5, 5.41) is 3.57. The van der Waals surface area contributed by atoms with Crippen molar-refractivity contribution >= 4 is 17.7 Å². The molecule has 2 heterocycles. The van der Waals surface area contributed by atoms with Gasteiger partial charge in [0, 0.05) is 9.81 Å². The first-order valence-corrected chi connectivity index (χ1v) is 10.8. The SMILES string of the molecule is CC1(C)O[C@@H]2[C@@H](OC(=O)c3ccccc3CN=[N+]=[N-])[C@H](Sc3ccccc3)OC[C@@H]2O1. The predicted molar refractivity (Wildman–Crippen MR) is 114 cm³/mol. The summed E-state index contributed by atoms with van der Waals surface area (Å²) in [6.45, 7) is 4.07. The van der Waals surface area contributed by atoms with Crippen molar-refractivity contribution < 1.29 is 23.7 Å². The molecule has 2 aliphatic rings. The molecule has 0 spiro atoms. The van der Waals surface area contributed by atoms with E-state index in [-0.39, 0.29) is 12.6 Å². The van der Waals surface area contributed by atoms with Crippen LogP contribution in [0.1, 0.15) is 29.8 Å². The van der Waals surface area contributed by atoms with E-state index in [1.54, 1.807) is 24.3 Å². The lowest BCUT2D eigenvalue weighted by atomic mass is 10.1. The highest BCUT2D eigenvalue weighted by Crippen LogP contribution is 2.40. The summed E-state index contributed by atoms with van der Waals surface area (Å²) >= 11 is 1.48. The van der Waals surface area contributed by atoms with Gasteiger partial charge in [0.15, 0.2) is 11.9 Å². The zero-order chi connectivity index (χ0) is 21.8. The monoisotopic (exact) mass is 441 g/mol. The van der Waals surface area contributed by atoms with Crippen molar-refractivity contribution in [1.29, 1.82) is 0 Å². The number of esters is 1. The molecular weight excluding hydrogens is 418 g/mol. The first-order valence-electron chi connectivity index (χ1n) is 9.95. The molecule has 0 aromatic heterocycles. The van der Waals surface area contributed by atoms with E-state index in [2.05, 4.69) is 10.0 Å². The van der Waals surface area contributed by atoms with E-state index in [9.17, 15) is 4.79 Å². The van der Waals surface area contributed by atoms with E-state index in [1.165, 1.54) is 11.8 Å². The second kappa shape index (κ2) is 9.30. The third-order valence-electron chi connectivity index (χ3n) is 5.02. The molecule has 2 aromatic carbocycles. The standard InChI is InChI=1S/C22H23N3O5S/c1-22(2)29-17-13-27-21(31-15-9-4-3-5-10-15)19(18(17)30-22)28-20(26)16-11-7-6-8-14(16)12-24-25-23/h3-11,17-19,21H,12-13H2,1-2H3/t17-,18-,19+,21-/m0/s1. The second-order valence-corrected chi connectivity index (χ2v) is 8.86. The maximum absolute atomic E-state index is 13.1. The van der Waals surface area contributed by atoms with Crippen LogP contribution in [0, 0.1) is 0 Å². The van der Waals surface area contributed by atoms with Gasteiger partial charge in [-0.3, -0.25) is 0 Å². The highest BCUT2D eigenvalue weighted by Gasteiger charge is 2.53. The van der Waals surface area contributed by atoms with Gasteiger partial charge >= 0.3 is 5.97 Å². The van der Waals surface area contributed by atoms with E-state index in [0.29, 0.717) is 17.7 Å². The van der Waals surface area contributed by atoms with Gasteiger partial charge in [0.05, 0.1) is 18.7 Å². The molecule has 0 amide bonds. The average Bonchev–Trinajstić information content (AvgIpc) is 3.09. The van der Waals surface area contributed by atoms with Crippen molar-refractivity contribution in [2.75, 3.05) is 6.61 Å². The van der Waals surface area contributed by atoms with Crippen molar-refractivity contribution in [3.63, 3.8) is 0 Å². The van der Waals surface area contributed by atoms with Crippen LogP contribution in [0.2, 0.25) is 0 Å². The molecule has 0 bridgehead atoms. The number of carbonyl (C=O) groups excluding carboxylic acids is 1. The van der Waals surface area contributed by atoms with Gasteiger partial charge in [-0.15, -0.1) is 0 Å². The summed E-state index contributed by atoms with van der Waals surface area (Å²) in [6.07, 6.45) is -1.48. The molecule has 162 valence electrons. The molecule has 8 nitrogen and oxygen atoms in total. The molecule has 2 fully saturated rings. The van der Waals surface area contributed by atoms with Gasteiger partial charge in [0.25, 0.3) is 0 Å². The Morgan fingerprint density at radius 1 is 1.19 bits per heavy atom. The normalized spacial score (nSPS) is 26.5. The maximum atomic E-state index is 13.1. The van der Waals surface area contributed by atoms with Gasteiger partial charge in [-0.2, -0.15) is 0 Å². The van der Waals surface area contributed by atoms with Gasteiger partial charge in [0.2, 0.25) is 0 Å². The molecule has 4 atom stereocenters. The lowest BCUT2D eigenvalue weighted by molar-refractivity contribution is -0.154. The van der Waals surface area contributed by atoms with E-state index in [1.807, 2.05) is 44.2 Å². The predicted octanol–water partition coefficient (Wildman–Crippen LogP) is 4.69. The number of fused-ring (bicyclic) bond motifs is 1. The zero-order valence-corrected chi connectivity index (χ0v) is 18.0. The van der Waals surface area contributed by atoms with Crippen LogP contribution < -0.4 is 0 Å². The summed E-state index contributed by atoms with van der Waals surface area (Å²) in [6, 6.07) is 16.7. The van der Waals surface area contributed by atoms with Crippen LogP contribution in [0.15, 0.2) is 64.6 Å². The highest BCUT2D eigenvalue weighted by molar-refractivity contribution is 7.99. The van der Waals surface area contributed by atoms with Gasteiger partial charge in [-0.1, -0.05) is 53.3 Å². The number of hydrogen-bond acceptors (Lipinski definition) is 7. The number of carbonyl (C=O) groups is 1. The molecule has 4 rings (SSSR count). The number of thioether (sulfide) groups is 1. The molecule has 2 aliphatic heterocycles. The van der Waals surface area contributed by atoms with Crippen molar-refractivity contribution in [2.24, 2.45) is 5.11 Å². The first kappa shape index (κ1) is 21.7. The summed E-state index contributed by atoms with van der Waals surface area (Å²) in [4.78, 5) is 16.9. The van der Waals surface area contributed by atoms with Crippen molar-refractivity contribution in [3.05, 3.63) is 76.2 Å². The van der Waals surface area contributed by atoms with E-state index in [4.69, 9.17) is 24.5 Å². The number of rotatable bonds is 6. The third-order valence-corrected chi connectivity index (χ3v) is 6.20.